The van der Waals surface area contributed by atoms with Crippen molar-refractivity contribution in [1.82, 2.24) is 10.3 Å². The van der Waals surface area contributed by atoms with Gasteiger partial charge in [-0.1, -0.05) is 42.5 Å². The highest BCUT2D eigenvalue weighted by molar-refractivity contribution is 5.96. The van der Waals surface area contributed by atoms with Crippen molar-refractivity contribution in [2.75, 3.05) is 7.11 Å². The number of aromatic nitrogens is 1. The summed E-state index contributed by atoms with van der Waals surface area (Å²) in [5, 5.41) is 4.00. The summed E-state index contributed by atoms with van der Waals surface area (Å²) in [6.07, 6.45) is 3.56. The molecule has 0 fully saturated rings. The second-order valence-corrected chi connectivity index (χ2v) is 6.05. The van der Waals surface area contributed by atoms with Gasteiger partial charge < -0.3 is 15.8 Å². The smallest absolute Gasteiger partial charge is 0.195 e. The first-order valence-electron chi connectivity index (χ1n) is 8.22. The highest BCUT2D eigenvalue weighted by Gasteiger charge is 2.38. The van der Waals surface area contributed by atoms with Gasteiger partial charge in [0.1, 0.15) is 5.75 Å². The van der Waals surface area contributed by atoms with Crippen LogP contribution < -0.4 is 21.5 Å². The molecular formula is C20H19N5O. The lowest BCUT2D eigenvalue weighted by Gasteiger charge is -2.33. The number of nitrogens with zero attached hydrogens (tertiary/aromatic N) is 2. The molecule has 4 rings (SSSR count). The minimum Gasteiger partial charge on any atom is -0.496 e. The second-order valence-electron chi connectivity index (χ2n) is 6.05. The van der Waals surface area contributed by atoms with Crippen molar-refractivity contribution in [3.05, 3.63) is 78.1 Å². The molecule has 5 N–H and O–H groups in total. The van der Waals surface area contributed by atoms with Crippen LogP contribution in [0.3, 0.4) is 0 Å². The van der Waals surface area contributed by atoms with E-state index in [2.05, 4.69) is 15.3 Å². The Morgan fingerprint density at radius 3 is 2.69 bits per heavy atom. The minimum absolute atomic E-state index is 0.246. The molecule has 2 aromatic carbocycles. The van der Waals surface area contributed by atoms with Gasteiger partial charge in [-0.25, -0.2) is 4.99 Å². The zero-order chi connectivity index (χ0) is 18.1. The van der Waals surface area contributed by atoms with Crippen LogP contribution in [-0.4, -0.2) is 18.1 Å². The molecule has 2 heterocycles. The summed E-state index contributed by atoms with van der Waals surface area (Å²) in [5.74, 6) is 0.892. The van der Waals surface area contributed by atoms with E-state index in [9.17, 15) is 0 Å². The molecule has 0 amide bonds. The number of para-hydroxylation sites is 2. The molecule has 0 radical (unpaired) electrons. The first kappa shape index (κ1) is 16.1. The highest BCUT2D eigenvalue weighted by Crippen LogP contribution is 2.42. The number of methoxy groups -OCH3 is 1. The quantitative estimate of drug-likeness (QED) is 0.677. The van der Waals surface area contributed by atoms with Gasteiger partial charge in [-0.15, -0.1) is 0 Å². The highest BCUT2D eigenvalue weighted by atomic mass is 16.5. The lowest BCUT2D eigenvalue weighted by molar-refractivity contribution is 0.399. The van der Waals surface area contributed by atoms with Gasteiger partial charge in [0.15, 0.2) is 11.6 Å². The molecule has 1 aliphatic rings. The summed E-state index contributed by atoms with van der Waals surface area (Å²) in [5.41, 5.74) is 14.8. The number of nitrogens with two attached hydrogens (primary N) is 2. The van der Waals surface area contributed by atoms with E-state index >= 15 is 0 Å². The number of benzene rings is 2. The predicted octanol–water partition coefficient (Wildman–Crippen LogP) is 2.31. The lowest BCUT2D eigenvalue weighted by Crippen LogP contribution is -2.45. The number of aliphatic imine (C=N–C) groups is 1. The fourth-order valence-electron chi connectivity index (χ4n) is 3.31. The molecule has 6 nitrogen and oxygen atoms in total. The molecule has 0 bridgehead atoms. The van der Waals surface area contributed by atoms with Gasteiger partial charge in [0, 0.05) is 34.5 Å². The molecule has 0 saturated carbocycles. The third-order valence-corrected chi connectivity index (χ3v) is 4.51. The maximum absolute atomic E-state index is 6.83. The monoisotopic (exact) mass is 345 g/mol. The molecule has 0 spiro atoms. The Bertz CT molecular complexity index is 1040. The van der Waals surface area contributed by atoms with Crippen LogP contribution in [0, 0.1) is 0 Å². The van der Waals surface area contributed by atoms with Gasteiger partial charge in [-0.05, 0) is 12.1 Å². The molecule has 6 heteroatoms. The van der Waals surface area contributed by atoms with Crippen molar-refractivity contribution in [2.45, 2.75) is 5.66 Å². The lowest BCUT2D eigenvalue weighted by atomic mass is 9.86. The molecule has 0 aliphatic carbocycles. The zero-order valence-electron chi connectivity index (χ0n) is 14.3. The van der Waals surface area contributed by atoms with Crippen LogP contribution >= 0.6 is 0 Å². The van der Waals surface area contributed by atoms with Gasteiger partial charge in [0.2, 0.25) is 0 Å². The number of rotatable bonds is 3. The molecule has 1 aromatic heterocycles. The number of nitrogens with one attached hydrogen (secondary N) is 1. The van der Waals surface area contributed by atoms with Crippen LogP contribution in [0.4, 0.5) is 0 Å². The number of fused-ring (bicyclic) bond motifs is 1. The van der Waals surface area contributed by atoms with Crippen molar-refractivity contribution in [1.29, 1.82) is 0 Å². The van der Waals surface area contributed by atoms with E-state index in [0.29, 0.717) is 5.75 Å². The maximum atomic E-state index is 6.83. The fourth-order valence-corrected chi connectivity index (χ4v) is 3.31. The fraction of sp³-hybridized carbons (Fsp3) is 0.100. The Morgan fingerprint density at radius 2 is 1.85 bits per heavy atom. The molecule has 3 aromatic rings. The van der Waals surface area contributed by atoms with Crippen molar-refractivity contribution in [2.24, 2.45) is 16.5 Å². The Labute approximate surface area is 151 Å². The second kappa shape index (κ2) is 6.16. The van der Waals surface area contributed by atoms with Crippen LogP contribution in [0.25, 0.3) is 16.5 Å². The molecule has 1 aliphatic heterocycles. The summed E-state index contributed by atoms with van der Waals surface area (Å²) < 4.78 is 5.52. The molecule has 1 unspecified atom stereocenters. The Kier molecular flexibility index (Phi) is 3.82. The van der Waals surface area contributed by atoms with Crippen LogP contribution in [-0.2, 0) is 5.66 Å². The number of guanidine groups is 1. The standard InChI is InChI=1S/C20H19N5O/c1-26-17-10-3-2-9-15(17)20(22)16(12-24-19(21)25-20)14-8-4-6-13-7-5-11-23-18(13)14/h2-12H,22H2,1H3,(H3,21,24,25). The van der Waals surface area contributed by atoms with Crippen LogP contribution in [0.15, 0.2) is 72.0 Å². The van der Waals surface area contributed by atoms with Gasteiger partial charge in [0.25, 0.3) is 0 Å². The van der Waals surface area contributed by atoms with Gasteiger partial charge in [-0.3, -0.25) is 10.7 Å². The number of pyridine rings is 1. The SMILES string of the molecule is COc1ccccc1C1(N)N=C(N)NC=C1c1cccc2cccnc12. The zero-order valence-corrected chi connectivity index (χ0v) is 14.3. The molecular weight excluding hydrogens is 326 g/mol. The molecule has 0 saturated heterocycles. The summed E-state index contributed by atoms with van der Waals surface area (Å²) >= 11 is 0. The third kappa shape index (κ3) is 2.48. The van der Waals surface area contributed by atoms with Crippen molar-refractivity contribution in [3.8, 4) is 5.75 Å². The normalized spacial score (nSPS) is 19.5. The summed E-state index contributed by atoms with van der Waals surface area (Å²) in [4.78, 5) is 9.08. The first-order valence-corrected chi connectivity index (χ1v) is 8.22. The summed E-state index contributed by atoms with van der Waals surface area (Å²) in [6, 6.07) is 17.4. The summed E-state index contributed by atoms with van der Waals surface area (Å²) in [6.45, 7) is 0. The van der Waals surface area contributed by atoms with Crippen molar-refractivity contribution in [3.63, 3.8) is 0 Å². The molecule has 130 valence electrons. The summed E-state index contributed by atoms with van der Waals surface area (Å²) in [7, 11) is 1.61. The van der Waals surface area contributed by atoms with E-state index < -0.39 is 5.66 Å². The van der Waals surface area contributed by atoms with Crippen LogP contribution in [0.5, 0.6) is 5.75 Å². The largest absolute Gasteiger partial charge is 0.496 e. The van der Waals surface area contributed by atoms with Gasteiger partial charge in [0.05, 0.1) is 12.6 Å². The maximum Gasteiger partial charge on any atom is 0.195 e. The van der Waals surface area contributed by atoms with Crippen LogP contribution in [0.1, 0.15) is 11.1 Å². The predicted molar refractivity (Wildman–Crippen MR) is 103 cm³/mol. The average Bonchev–Trinajstić information content (AvgIpc) is 2.68. The van der Waals surface area contributed by atoms with Crippen LogP contribution in [0.2, 0.25) is 0 Å². The Hall–Kier alpha value is -3.38. The number of hydrogen-bond acceptors (Lipinski definition) is 6. The average molecular weight is 345 g/mol. The molecule has 1 atom stereocenters. The van der Waals surface area contributed by atoms with E-state index in [0.717, 1.165) is 27.6 Å². The topological polar surface area (TPSA) is 98.5 Å². The number of hydrogen-bond donors (Lipinski definition) is 3. The van der Waals surface area contributed by atoms with E-state index in [1.54, 1.807) is 19.5 Å². The van der Waals surface area contributed by atoms with Gasteiger partial charge >= 0.3 is 0 Å². The Balaban J connectivity index is 1.97. The third-order valence-electron chi connectivity index (χ3n) is 4.51. The van der Waals surface area contributed by atoms with E-state index in [1.807, 2.05) is 54.6 Å². The van der Waals surface area contributed by atoms with E-state index in [-0.39, 0.29) is 5.96 Å². The number of ether oxygens (including phenoxy) is 1. The Morgan fingerprint density at radius 1 is 1.04 bits per heavy atom. The minimum atomic E-state index is -1.20. The van der Waals surface area contributed by atoms with Gasteiger partial charge in [-0.2, -0.15) is 0 Å². The van der Waals surface area contributed by atoms with Crippen molar-refractivity contribution < 1.29 is 4.74 Å². The van der Waals surface area contributed by atoms with E-state index in [4.69, 9.17) is 16.2 Å². The molecule has 26 heavy (non-hydrogen) atoms. The first-order chi connectivity index (χ1) is 12.6. The van der Waals surface area contributed by atoms with E-state index in [1.165, 1.54) is 0 Å². The van der Waals surface area contributed by atoms with Crippen molar-refractivity contribution >= 4 is 22.4 Å².